The number of benzene rings is 1. The van der Waals surface area contributed by atoms with Crippen LogP contribution in [0.15, 0.2) is 29.2 Å². The number of hydrogen-bond donors (Lipinski definition) is 1. The Morgan fingerprint density at radius 3 is 2.61 bits per heavy atom. The summed E-state index contributed by atoms with van der Waals surface area (Å²) in [6.45, 7) is 4.77. The first-order chi connectivity index (χ1) is 8.58. The molecule has 100 valence electrons. The standard InChI is InChI=1S/C14H20FNOS/c1-11(2)10-14(17)16-8-3-9-18-13-6-4-12(15)5-7-13/h4-7,11H,3,8-10H2,1-2H3,(H,16,17). The molecule has 0 aliphatic carbocycles. The van der Waals surface area contributed by atoms with Crippen LogP contribution in [0.4, 0.5) is 4.39 Å². The lowest BCUT2D eigenvalue weighted by Crippen LogP contribution is -2.25. The molecule has 0 saturated carbocycles. The Bertz CT molecular complexity index is 365. The molecule has 0 heterocycles. The molecule has 4 heteroatoms. The summed E-state index contributed by atoms with van der Waals surface area (Å²) in [5, 5.41) is 2.90. The van der Waals surface area contributed by atoms with E-state index in [2.05, 4.69) is 5.32 Å². The molecule has 0 spiro atoms. The van der Waals surface area contributed by atoms with Gasteiger partial charge in [0.15, 0.2) is 0 Å². The highest BCUT2D eigenvalue weighted by Crippen LogP contribution is 2.18. The van der Waals surface area contributed by atoms with Gasteiger partial charge < -0.3 is 5.32 Å². The lowest BCUT2D eigenvalue weighted by molar-refractivity contribution is -0.121. The van der Waals surface area contributed by atoms with Crippen molar-refractivity contribution >= 4 is 17.7 Å². The van der Waals surface area contributed by atoms with Crippen LogP contribution in [0.5, 0.6) is 0 Å². The molecule has 0 aliphatic heterocycles. The van der Waals surface area contributed by atoms with Gasteiger partial charge in [-0.2, -0.15) is 0 Å². The predicted octanol–water partition coefficient (Wildman–Crippen LogP) is 3.47. The molecule has 1 rings (SSSR count). The van der Waals surface area contributed by atoms with Crippen LogP contribution in [-0.4, -0.2) is 18.2 Å². The average Bonchev–Trinajstić information content (AvgIpc) is 2.30. The number of halogens is 1. The van der Waals surface area contributed by atoms with Crippen LogP contribution in [0, 0.1) is 11.7 Å². The third-order valence-electron chi connectivity index (χ3n) is 2.32. The zero-order valence-electron chi connectivity index (χ0n) is 10.9. The first-order valence-corrected chi connectivity index (χ1v) is 7.21. The van der Waals surface area contributed by atoms with Crippen molar-refractivity contribution in [3.63, 3.8) is 0 Å². The van der Waals surface area contributed by atoms with E-state index in [-0.39, 0.29) is 11.7 Å². The highest BCUT2D eigenvalue weighted by atomic mass is 32.2. The van der Waals surface area contributed by atoms with E-state index in [4.69, 9.17) is 0 Å². The average molecular weight is 269 g/mol. The van der Waals surface area contributed by atoms with E-state index in [0.717, 1.165) is 17.1 Å². The molecule has 1 N–H and O–H groups in total. The molecule has 1 aromatic carbocycles. The summed E-state index contributed by atoms with van der Waals surface area (Å²) in [5.74, 6) is 1.24. The first kappa shape index (κ1) is 15.0. The Morgan fingerprint density at radius 2 is 2.00 bits per heavy atom. The van der Waals surface area contributed by atoms with E-state index in [0.29, 0.717) is 18.9 Å². The van der Waals surface area contributed by atoms with Gasteiger partial charge in [-0.05, 0) is 42.4 Å². The van der Waals surface area contributed by atoms with Crippen LogP contribution >= 0.6 is 11.8 Å². The second-order valence-electron chi connectivity index (χ2n) is 4.60. The summed E-state index contributed by atoms with van der Waals surface area (Å²) >= 11 is 1.68. The predicted molar refractivity (Wildman–Crippen MR) is 74.2 cm³/mol. The molecule has 0 bridgehead atoms. The van der Waals surface area contributed by atoms with Crippen molar-refractivity contribution in [2.45, 2.75) is 31.6 Å². The van der Waals surface area contributed by atoms with Gasteiger partial charge in [-0.15, -0.1) is 11.8 Å². The Morgan fingerprint density at radius 1 is 1.33 bits per heavy atom. The number of rotatable bonds is 7. The minimum atomic E-state index is -0.208. The maximum Gasteiger partial charge on any atom is 0.220 e. The molecule has 1 amide bonds. The quantitative estimate of drug-likeness (QED) is 0.606. The van der Waals surface area contributed by atoms with Gasteiger partial charge in [0.05, 0.1) is 0 Å². The summed E-state index contributed by atoms with van der Waals surface area (Å²) in [6.07, 6.45) is 1.51. The van der Waals surface area contributed by atoms with Gasteiger partial charge in [0.25, 0.3) is 0 Å². The molecule has 1 aromatic rings. The largest absolute Gasteiger partial charge is 0.356 e. The Hall–Kier alpha value is -1.03. The number of amides is 1. The third kappa shape index (κ3) is 6.64. The van der Waals surface area contributed by atoms with Gasteiger partial charge in [0, 0.05) is 17.9 Å². The van der Waals surface area contributed by atoms with Crippen LogP contribution in [0.25, 0.3) is 0 Å². The van der Waals surface area contributed by atoms with Crippen molar-refractivity contribution in [3.05, 3.63) is 30.1 Å². The first-order valence-electron chi connectivity index (χ1n) is 6.23. The van der Waals surface area contributed by atoms with Crippen molar-refractivity contribution < 1.29 is 9.18 Å². The molecule has 0 atom stereocenters. The van der Waals surface area contributed by atoms with E-state index in [9.17, 15) is 9.18 Å². The number of nitrogens with one attached hydrogen (secondary N) is 1. The molecule has 0 unspecified atom stereocenters. The smallest absolute Gasteiger partial charge is 0.220 e. The monoisotopic (exact) mass is 269 g/mol. The van der Waals surface area contributed by atoms with Crippen molar-refractivity contribution in [2.24, 2.45) is 5.92 Å². The van der Waals surface area contributed by atoms with Crippen LogP contribution < -0.4 is 5.32 Å². The lowest BCUT2D eigenvalue weighted by Gasteiger charge is -2.06. The normalized spacial score (nSPS) is 10.7. The Balaban J connectivity index is 2.08. The minimum absolute atomic E-state index is 0.122. The summed E-state index contributed by atoms with van der Waals surface area (Å²) in [5.41, 5.74) is 0. The second kappa shape index (κ2) is 8.14. The van der Waals surface area contributed by atoms with Crippen LogP contribution in [0.2, 0.25) is 0 Å². The number of carbonyl (C=O) groups is 1. The zero-order chi connectivity index (χ0) is 13.4. The fourth-order valence-corrected chi connectivity index (χ4v) is 2.32. The SMILES string of the molecule is CC(C)CC(=O)NCCCSc1ccc(F)cc1. The molecule has 0 aliphatic rings. The molecular formula is C14H20FNOS. The minimum Gasteiger partial charge on any atom is -0.356 e. The van der Waals surface area contributed by atoms with Gasteiger partial charge in [-0.1, -0.05) is 13.8 Å². The second-order valence-corrected chi connectivity index (χ2v) is 5.77. The van der Waals surface area contributed by atoms with Crippen LogP contribution in [0.3, 0.4) is 0 Å². The number of thioether (sulfide) groups is 1. The van der Waals surface area contributed by atoms with Crippen LogP contribution in [-0.2, 0) is 4.79 Å². The zero-order valence-corrected chi connectivity index (χ0v) is 11.7. The van der Waals surface area contributed by atoms with Gasteiger partial charge in [-0.25, -0.2) is 4.39 Å². The summed E-state index contributed by atoms with van der Waals surface area (Å²) in [6, 6.07) is 6.48. The fraction of sp³-hybridized carbons (Fsp3) is 0.500. The molecule has 0 saturated heterocycles. The highest BCUT2D eigenvalue weighted by molar-refractivity contribution is 7.99. The van der Waals surface area contributed by atoms with Gasteiger partial charge in [0.2, 0.25) is 5.91 Å². The van der Waals surface area contributed by atoms with E-state index < -0.39 is 0 Å². The molecule has 0 radical (unpaired) electrons. The Labute approximate surface area is 112 Å². The number of carbonyl (C=O) groups excluding carboxylic acids is 1. The Kier molecular flexibility index (Phi) is 6.80. The van der Waals surface area contributed by atoms with E-state index in [1.165, 1.54) is 12.1 Å². The van der Waals surface area contributed by atoms with E-state index >= 15 is 0 Å². The van der Waals surface area contributed by atoms with Crippen molar-refractivity contribution in [3.8, 4) is 0 Å². The molecule has 0 aromatic heterocycles. The number of hydrogen-bond acceptors (Lipinski definition) is 2. The van der Waals surface area contributed by atoms with Crippen molar-refractivity contribution in [1.82, 2.24) is 5.32 Å². The van der Waals surface area contributed by atoms with Crippen LogP contribution in [0.1, 0.15) is 26.7 Å². The third-order valence-corrected chi connectivity index (χ3v) is 3.42. The van der Waals surface area contributed by atoms with Crippen molar-refractivity contribution in [1.29, 1.82) is 0 Å². The maximum atomic E-state index is 12.7. The molecular weight excluding hydrogens is 249 g/mol. The maximum absolute atomic E-state index is 12.7. The molecule has 0 fully saturated rings. The lowest BCUT2D eigenvalue weighted by atomic mass is 10.1. The fourth-order valence-electron chi connectivity index (χ4n) is 1.46. The molecule has 18 heavy (non-hydrogen) atoms. The summed E-state index contributed by atoms with van der Waals surface area (Å²) in [4.78, 5) is 12.4. The molecule has 2 nitrogen and oxygen atoms in total. The summed E-state index contributed by atoms with van der Waals surface area (Å²) < 4.78 is 12.7. The van der Waals surface area contributed by atoms with Gasteiger partial charge in [-0.3, -0.25) is 4.79 Å². The van der Waals surface area contributed by atoms with E-state index in [1.54, 1.807) is 23.9 Å². The summed E-state index contributed by atoms with van der Waals surface area (Å²) in [7, 11) is 0. The van der Waals surface area contributed by atoms with Gasteiger partial charge >= 0.3 is 0 Å². The van der Waals surface area contributed by atoms with Crippen molar-refractivity contribution in [2.75, 3.05) is 12.3 Å². The van der Waals surface area contributed by atoms with Gasteiger partial charge in [0.1, 0.15) is 5.82 Å². The topological polar surface area (TPSA) is 29.1 Å². The van der Waals surface area contributed by atoms with E-state index in [1.807, 2.05) is 13.8 Å². The highest BCUT2D eigenvalue weighted by Gasteiger charge is 2.03.